The Bertz CT molecular complexity index is 1400. The maximum atomic E-state index is 12.6. The minimum absolute atomic E-state index is 0.0170. The van der Waals surface area contributed by atoms with E-state index in [2.05, 4.69) is 10.1 Å². The minimum Gasteiger partial charge on any atom is -0.457 e. The van der Waals surface area contributed by atoms with Crippen LogP contribution in [-0.4, -0.2) is 31.9 Å². The number of furan rings is 1. The van der Waals surface area contributed by atoms with Crippen molar-refractivity contribution in [3.63, 3.8) is 0 Å². The lowest BCUT2D eigenvalue weighted by Gasteiger charge is -2.19. The van der Waals surface area contributed by atoms with Crippen molar-refractivity contribution in [3.8, 4) is 11.3 Å². The number of nitrogens with zero attached hydrogens (tertiary/aromatic N) is 4. The predicted octanol–water partition coefficient (Wildman–Crippen LogP) is 4.83. The molecule has 2 aliphatic rings. The van der Waals surface area contributed by atoms with Gasteiger partial charge in [0.25, 0.3) is 11.6 Å². The zero-order valence-electron chi connectivity index (χ0n) is 17.2. The lowest BCUT2D eigenvalue weighted by molar-refractivity contribution is -0.384. The van der Waals surface area contributed by atoms with Crippen LogP contribution in [0.4, 0.5) is 5.69 Å². The van der Waals surface area contributed by atoms with E-state index in [9.17, 15) is 14.9 Å². The lowest BCUT2D eigenvalue weighted by atomic mass is 10.1. The van der Waals surface area contributed by atoms with Crippen molar-refractivity contribution in [2.75, 3.05) is 0 Å². The summed E-state index contributed by atoms with van der Waals surface area (Å²) in [6.45, 7) is 1.99. The van der Waals surface area contributed by atoms with E-state index in [1.54, 1.807) is 24.3 Å². The molecule has 10 heteroatoms. The summed E-state index contributed by atoms with van der Waals surface area (Å²) in [5.41, 5.74) is 2.69. The first kappa shape index (κ1) is 20.6. The summed E-state index contributed by atoms with van der Waals surface area (Å²) in [7, 11) is 0. The largest absolute Gasteiger partial charge is 0.457 e. The Labute approximate surface area is 191 Å². The Morgan fingerprint density at radius 2 is 1.76 bits per heavy atom. The van der Waals surface area contributed by atoms with E-state index in [1.807, 2.05) is 31.2 Å². The first-order valence-electron chi connectivity index (χ1n) is 9.81. The molecule has 0 radical (unpaired) electrons. The van der Waals surface area contributed by atoms with Crippen molar-refractivity contribution in [1.29, 1.82) is 5.41 Å². The fraction of sp³-hybridized carbons (Fsp3) is 0.0435. The number of carbonyl (C=O) groups is 1. The molecule has 0 bridgehead atoms. The summed E-state index contributed by atoms with van der Waals surface area (Å²) in [5.74, 6) is 0.192. The van der Waals surface area contributed by atoms with E-state index in [4.69, 9.17) is 9.83 Å². The first-order chi connectivity index (χ1) is 15.9. The van der Waals surface area contributed by atoms with Gasteiger partial charge in [-0.2, -0.15) is 15.1 Å². The Hall–Kier alpha value is -4.31. The number of benzene rings is 2. The fourth-order valence-corrected chi connectivity index (χ4v) is 4.18. The van der Waals surface area contributed by atoms with E-state index in [0.717, 1.165) is 11.1 Å². The smallest absolute Gasteiger partial charge is 0.283 e. The number of aryl methyl sites for hydroxylation is 1. The molecule has 0 aliphatic carbocycles. The van der Waals surface area contributed by atoms with Gasteiger partial charge in [-0.15, -0.1) is 0 Å². The molecular formula is C23H15N5O4S. The second kappa shape index (κ2) is 7.99. The molecule has 162 valence electrons. The van der Waals surface area contributed by atoms with Gasteiger partial charge in [-0.3, -0.25) is 20.3 Å². The van der Waals surface area contributed by atoms with Gasteiger partial charge in [0.1, 0.15) is 16.6 Å². The van der Waals surface area contributed by atoms with Crippen LogP contribution < -0.4 is 0 Å². The monoisotopic (exact) mass is 457 g/mol. The third-order valence-corrected chi connectivity index (χ3v) is 5.99. The van der Waals surface area contributed by atoms with Gasteiger partial charge >= 0.3 is 0 Å². The van der Waals surface area contributed by atoms with Crippen LogP contribution in [0.3, 0.4) is 0 Å². The third kappa shape index (κ3) is 3.87. The van der Waals surface area contributed by atoms with Crippen LogP contribution >= 0.6 is 11.8 Å². The number of amides is 1. The molecule has 2 aliphatic heterocycles. The Morgan fingerprint density at radius 3 is 2.45 bits per heavy atom. The number of nitro benzene ring substituents is 1. The number of hydrogen-bond donors (Lipinski definition) is 1. The second-order valence-corrected chi connectivity index (χ2v) is 8.25. The number of rotatable bonds is 4. The zero-order chi connectivity index (χ0) is 23.1. The number of nitrogens with one attached hydrogen (secondary N) is 1. The number of aliphatic imine (C=N–C) groups is 1. The number of carbonyl (C=O) groups excluding carboxylic acids is 1. The molecule has 3 heterocycles. The van der Waals surface area contributed by atoms with Crippen LogP contribution in [0.15, 0.2) is 80.7 Å². The van der Waals surface area contributed by atoms with Gasteiger partial charge in [-0.05, 0) is 49.0 Å². The van der Waals surface area contributed by atoms with Crippen LogP contribution in [0.2, 0.25) is 0 Å². The Morgan fingerprint density at radius 1 is 1.06 bits per heavy atom. The number of thioether (sulfide) groups is 1. The molecule has 0 fully saturated rings. The number of amidine groups is 2. The van der Waals surface area contributed by atoms with Gasteiger partial charge in [0.05, 0.1) is 10.5 Å². The quantitative estimate of drug-likeness (QED) is 0.340. The normalized spacial score (nSPS) is 16.6. The maximum Gasteiger partial charge on any atom is 0.283 e. The molecule has 1 amide bonds. The van der Waals surface area contributed by atoms with Crippen LogP contribution in [-0.2, 0) is 4.79 Å². The molecule has 9 nitrogen and oxygen atoms in total. The fourth-order valence-electron chi connectivity index (χ4n) is 3.28. The van der Waals surface area contributed by atoms with Gasteiger partial charge in [0, 0.05) is 23.3 Å². The Balaban J connectivity index is 1.41. The summed E-state index contributed by atoms with van der Waals surface area (Å²) in [6.07, 6.45) is 1.45. The van der Waals surface area contributed by atoms with Crippen molar-refractivity contribution in [1.82, 2.24) is 5.01 Å². The van der Waals surface area contributed by atoms with Gasteiger partial charge in [0.15, 0.2) is 5.84 Å². The number of hydrazone groups is 1. The number of nitro groups is 1. The van der Waals surface area contributed by atoms with E-state index in [0.29, 0.717) is 27.3 Å². The average molecular weight is 457 g/mol. The molecule has 1 aromatic heterocycles. The molecule has 0 saturated carbocycles. The predicted molar refractivity (Wildman–Crippen MR) is 126 cm³/mol. The summed E-state index contributed by atoms with van der Waals surface area (Å²) in [4.78, 5) is 27.1. The van der Waals surface area contributed by atoms with Gasteiger partial charge < -0.3 is 4.42 Å². The number of non-ortho nitro benzene ring substituents is 1. The zero-order valence-corrected chi connectivity index (χ0v) is 18.0. The molecule has 5 rings (SSSR count). The van der Waals surface area contributed by atoms with Crippen molar-refractivity contribution in [2.45, 2.75) is 6.92 Å². The standard InChI is InChI=1S/C23H15N5O4S/c1-13-2-4-15(5-3-13)22-26-27-20(24)18(21(29)25-23(27)33-22)12-17-10-11-19(32-17)14-6-8-16(9-7-14)28(30)31/h2-12,24H,1H3/b18-12-,24-20?. The van der Waals surface area contributed by atoms with Gasteiger partial charge in [-0.1, -0.05) is 29.8 Å². The summed E-state index contributed by atoms with van der Waals surface area (Å²) in [6, 6.07) is 17.1. The summed E-state index contributed by atoms with van der Waals surface area (Å²) >= 11 is 1.24. The molecule has 0 unspecified atom stereocenters. The highest BCUT2D eigenvalue weighted by molar-refractivity contribution is 8.27. The van der Waals surface area contributed by atoms with Crippen LogP contribution in [0, 0.1) is 22.4 Å². The molecule has 33 heavy (non-hydrogen) atoms. The molecule has 1 N–H and O–H groups in total. The number of fused-ring (bicyclic) bond motifs is 1. The van der Waals surface area contributed by atoms with Gasteiger partial charge in [0.2, 0.25) is 5.17 Å². The topological polar surface area (TPSA) is 125 Å². The molecule has 0 atom stereocenters. The van der Waals surface area contributed by atoms with Crippen LogP contribution in [0.25, 0.3) is 17.4 Å². The van der Waals surface area contributed by atoms with Crippen molar-refractivity contribution < 1.29 is 14.1 Å². The summed E-state index contributed by atoms with van der Waals surface area (Å²) < 4.78 is 5.78. The van der Waals surface area contributed by atoms with Gasteiger partial charge in [-0.25, -0.2) is 0 Å². The van der Waals surface area contributed by atoms with E-state index in [-0.39, 0.29) is 17.1 Å². The van der Waals surface area contributed by atoms with E-state index < -0.39 is 10.8 Å². The van der Waals surface area contributed by atoms with Crippen molar-refractivity contribution in [2.24, 2.45) is 10.1 Å². The average Bonchev–Trinajstić information content (AvgIpc) is 3.45. The molecule has 0 spiro atoms. The molecule has 2 aromatic carbocycles. The van der Waals surface area contributed by atoms with E-state index >= 15 is 0 Å². The number of hydrogen-bond acceptors (Lipinski definition) is 7. The lowest BCUT2D eigenvalue weighted by Crippen LogP contribution is -2.35. The molecular weight excluding hydrogens is 442 g/mol. The van der Waals surface area contributed by atoms with Crippen molar-refractivity contribution >= 4 is 45.5 Å². The molecule has 0 saturated heterocycles. The maximum absolute atomic E-state index is 12.6. The summed E-state index contributed by atoms with van der Waals surface area (Å²) in [5, 5.41) is 26.1. The highest BCUT2D eigenvalue weighted by Gasteiger charge is 2.36. The SMILES string of the molecule is Cc1ccc(C2=NN3C(=N)/C(=C/c4ccc(-c5ccc([N+](=O)[O-])cc5)o4)C(=O)N=C3S2)cc1. The first-order valence-corrected chi connectivity index (χ1v) is 10.6. The highest BCUT2D eigenvalue weighted by Crippen LogP contribution is 2.32. The second-order valence-electron chi connectivity index (χ2n) is 7.30. The van der Waals surface area contributed by atoms with E-state index in [1.165, 1.54) is 35.0 Å². The Kier molecular flexibility index (Phi) is 4.98. The minimum atomic E-state index is -0.549. The molecule has 3 aromatic rings. The van der Waals surface area contributed by atoms with Crippen molar-refractivity contribution in [3.05, 3.63) is 93.2 Å². The van der Waals surface area contributed by atoms with Crippen LogP contribution in [0.5, 0.6) is 0 Å². The van der Waals surface area contributed by atoms with Crippen LogP contribution in [0.1, 0.15) is 16.9 Å². The third-order valence-electron chi connectivity index (χ3n) is 5.03. The highest BCUT2D eigenvalue weighted by atomic mass is 32.2.